The molecular weight excluding hydrogens is 520 g/mol. The van der Waals surface area contributed by atoms with E-state index in [0.717, 1.165) is 34.1 Å². The highest BCUT2D eigenvalue weighted by molar-refractivity contribution is 7.92. The number of aromatic nitrogens is 1. The highest BCUT2D eigenvalue weighted by Gasteiger charge is 2.47. The first-order valence-corrected chi connectivity index (χ1v) is 11.9. The Morgan fingerprint density at radius 3 is 2.27 bits per heavy atom. The molecule has 1 aliphatic heterocycles. The summed E-state index contributed by atoms with van der Waals surface area (Å²) in [5, 5.41) is 2.54. The van der Waals surface area contributed by atoms with Gasteiger partial charge in [-0.25, -0.2) is 27.5 Å². The zero-order valence-electron chi connectivity index (χ0n) is 18.6. The lowest BCUT2D eigenvalue weighted by molar-refractivity contribution is -0.116. The number of nitrogens with zero attached hydrogens (tertiary/aromatic N) is 3. The van der Waals surface area contributed by atoms with E-state index < -0.39 is 43.9 Å². The van der Waals surface area contributed by atoms with Crippen molar-refractivity contribution in [3.05, 3.63) is 83.8 Å². The van der Waals surface area contributed by atoms with Crippen molar-refractivity contribution in [1.82, 2.24) is 9.88 Å². The summed E-state index contributed by atoms with van der Waals surface area (Å²) in [4.78, 5) is 42.6. The van der Waals surface area contributed by atoms with Gasteiger partial charge in [-0.15, -0.1) is 0 Å². The van der Waals surface area contributed by atoms with Gasteiger partial charge in [0.1, 0.15) is 18.2 Å². The van der Waals surface area contributed by atoms with E-state index in [1.807, 2.05) is 0 Å². The first kappa shape index (κ1) is 25.8. The second-order valence-corrected chi connectivity index (χ2v) is 9.76. The molecule has 1 N–H and O–H groups in total. The second-order valence-electron chi connectivity index (χ2n) is 7.82. The number of carbonyl (C=O) groups is 3. The first-order valence-electron chi connectivity index (χ1n) is 10.4. The Hall–Kier alpha value is -4.33. The zero-order valence-corrected chi connectivity index (χ0v) is 19.4. The summed E-state index contributed by atoms with van der Waals surface area (Å²) in [5.74, 6) is -1.57. The van der Waals surface area contributed by atoms with E-state index in [-0.39, 0.29) is 30.2 Å². The van der Waals surface area contributed by atoms with Crippen molar-refractivity contribution < 1.29 is 40.4 Å². The van der Waals surface area contributed by atoms with Crippen LogP contribution < -0.4 is 10.2 Å². The second kappa shape index (κ2) is 9.61. The third-order valence-electron chi connectivity index (χ3n) is 5.29. The van der Waals surface area contributed by atoms with E-state index in [4.69, 9.17) is 0 Å². The SMILES string of the molecule is O=C(Nc1cc(CN2CC(=O)N(c3ccc(S(=O)(=O)C(F)(F)F)cc3)C2=O)ccn1)c1ccc(F)cc1. The zero-order chi connectivity index (χ0) is 27.0. The molecule has 0 spiro atoms. The van der Waals surface area contributed by atoms with E-state index in [0.29, 0.717) is 17.7 Å². The van der Waals surface area contributed by atoms with Crippen LogP contribution >= 0.6 is 0 Å². The highest BCUT2D eigenvalue weighted by atomic mass is 32.2. The number of nitrogens with one attached hydrogen (secondary N) is 1. The third-order valence-corrected chi connectivity index (χ3v) is 6.80. The van der Waals surface area contributed by atoms with Gasteiger partial charge in [-0.1, -0.05) is 0 Å². The molecule has 1 aliphatic rings. The lowest BCUT2D eigenvalue weighted by Crippen LogP contribution is -2.32. The van der Waals surface area contributed by atoms with Gasteiger partial charge in [0.25, 0.3) is 21.7 Å². The topological polar surface area (TPSA) is 117 Å². The number of imide groups is 1. The fraction of sp³-hybridized carbons (Fsp3) is 0.130. The summed E-state index contributed by atoms with van der Waals surface area (Å²) >= 11 is 0. The van der Waals surface area contributed by atoms with E-state index in [1.54, 1.807) is 6.07 Å². The van der Waals surface area contributed by atoms with Crippen LogP contribution in [0.2, 0.25) is 0 Å². The van der Waals surface area contributed by atoms with Crippen LogP contribution in [-0.4, -0.2) is 48.2 Å². The van der Waals surface area contributed by atoms with Crippen molar-refractivity contribution in [3.63, 3.8) is 0 Å². The lowest BCUT2D eigenvalue weighted by Gasteiger charge is -2.18. The smallest absolute Gasteiger partial charge is 0.310 e. The van der Waals surface area contributed by atoms with Crippen molar-refractivity contribution >= 4 is 39.2 Å². The normalized spacial score (nSPS) is 14.3. The lowest BCUT2D eigenvalue weighted by atomic mass is 10.2. The average molecular weight is 536 g/mol. The Kier molecular flexibility index (Phi) is 6.69. The molecule has 14 heteroatoms. The number of urea groups is 1. The molecule has 3 aromatic rings. The molecule has 0 bridgehead atoms. The quantitative estimate of drug-likeness (QED) is 0.379. The Labute approximate surface area is 207 Å². The Balaban J connectivity index is 1.46. The van der Waals surface area contributed by atoms with E-state index in [1.165, 1.54) is 24.4 Å². The van der Waals surface area contributed by atoms with Gasteiger partial charge in [-0.05, 0) is 66.2 Å². The molecule has 1 saturated heterocycles. The molecule has 2 aromatic carbocycles. The van der Waals surface area contributed by atoms with Gasteiger partial charge in [-0.2, -0.15) is 13.2 Å². The molecule has 4 rings (SSSR count). The maximum Gasteiger partial charge on any atom is 0.501 e. The van der Waals surface area contributed by atoms with Crippen LogP contribution in [0.1, 0.15) is 15.9 Å². The van der Waals surface area contributed by atoms with Gasteiger partial charge in [0.05, 0.1) is 10.6 Å². The summed E-state index contributed by atoms with van der Waals surface area (Å²) in [6.45, 7) is -0.412. The summed E-state index contributed by atoms with van der Waals surface area (Å²) in [5.41, 5.74) is -4.90. The van der Waals surface area contributed by atoms with Crippen molar-refractivity contribution in [2.24, 2.45) is 0 Å². The Morgan fingerprint density at radius 2 is 1.65 bits per heavy atom. The minimum atomic E-state index is -5.58. The van der Waals surface area contributed by atoms with Gasteiger partial charge in [0.2, 0.25) is 0 Å². The largest absolute Gasteiger partial charge is 0.501 e. The van der Waals surface area contributed by atoms with E-state index in [2.05, 4.69) is 10.3 Å². The number of hydrogen-bond acceptors (Lipinski definition) is 6. The number of halogens is 4. The molecule has 9 nitrogen and oxygen atoms in total. The molecule has 2 heterocycles. The summed E-state index contributed by atoms with van der Waals surface area (Å²) in [6, 6.07) is 10.3. The number of anilines is 2. The number of sulfone groups is 1. The van der Waals surface area contributed by atoms with E-state index in [9.17, 15) is 40.4 Å². The summed E-state index contributed by atoms with van der Waals surface area (Å²) in [7, 11) is -5.58. The standard InChI is InChI=1S/C23H16F4N4O5S/c24-16-3-1-15(2-4-16)21(33)29-19-11-14(9-10-28-19)12-30-13-20(32)31(22(30)34)17-5-7-18(8-6-17)37(35,36)23(25,26)27/h1-11H,12-13H2,(H,28,29,33). The fourth-order valence-electron chi connectivity index (χ4n) is 3.49. The molecule has 0 saturated carbocycles. The molecule has 192 valence electrons. The number of amides is 4. The van der Waals surface area contributed by atoms with Crippen molar-refractivity contribution in [1.29, 1.82) is 0 Å². The maximum absolute atomic E-state index is 13.1. The number of carbonyl (C=O) groups excluding carboxylic acids is 3. The molecule has 4 amide bonds. The first-order chi connectivity index (χ1) is 17.4. The van der Waals surface area contributed by atoms with Crippen LogP contribution in [0.15, 0.2) is 71.8 Å². The summed E-state index contributed by atoms with van der Waals surface area (Å²) < 4.78 is 74.4. The summed E-state index contributed by atoms with van der Waals surface area (Å²) in [6.07, 6.45) is 1.37. The predicted molar refractivity (Wildman–Crippen MR) is 122 cm³/mol. The van der Waals surface area contributed by atoms with Gasteiger partial charge >= 0.3 is 11.5 Å². The van der Waals surface area contributed by atoms with Crippen molar-refractivity contribution in [2.75, 3.05) is 16.8 Å². The van der Waals surface area contributed by atoms with Crippen molar-refractivity contribution in [3.8, 4) is 0 Å². The average Bonchev–Trinajstić information content (AvgIpc) is 3.11. The molecular formula is C23H16F4N4O5S. The van der Waals surface area contributed by atoms with Crippen molar-refractivity contribution in [2.45, 2.75) is 16.9 Å². The number of alkyl halides is 3. The van der Waals surface area contributed by atoms with Gasteiger partial charge in [0.15, 0.2) is 0 Å². The molecule has 1 fully saturated rings. The van der Waals surface area contributed by atoms with Crippen LogP contribution in [0, 0.1) is 5.82 Å². The number of hydrogen-bond donors (Lipinski definition) is 1. The molecule has 0 unspecified atom stereocenters. The Bertz CT molecular complexity index is 1480. The maximum atomic E-state index is 13.1. The molecule has 37 heavy (non-hydrogen) atoms. The van der Waals surface area contributed by atoms with Crippen LogP contribution in [0.4, 0.5) is 33.9 Å². The third kappa shape index (κ3) is 5.28. The minimum absolute atomic E-state index is 0.0659. The van der Waals surface area contributed by atoms with Gasteiger partial charge in [0, 0.05) is 18.3 Å². The monoisotopic (exact) mass is 536 g/mol. The number of pyridine rings is 1. The van der Waals surface area contributed by atoms with Gasteiger partial charge in [-0.3, -0.25) is 9.59 Å². The van der Waals surface area contributed by atoms with Crippen LogP contribution in [0.5, 0.6) is 0 Å². The van der Waals surface area contributed by atoms with Gasteiger partial charge < -0.3 is 10.2 Å². The minimum Gasteiger partial charge on any atom is -0.310 e. The molecule has 1 aromatic heterocycles. The van der Waals surface area contributed by atoms with Crippen LogP contribution in [0.25, 0.3) is 0 Å². The number of benzene rings is 2. The fourth-order valence-corrected chi connectivity index (χ4v) is 4.25. The Morgan fingerprint density at radius 1 is 1.00 bits per heavy atom. The molecule has 0 aliphatic carbocycles. The predicted octanol–water partition coefficient (Wildman–Crippen LogP) is 3.74. The molecule has 0 atom stereocenters. The number of rotatable bonds is 6. The highest BCUT2D eigenvalue weighted by Crippen LogP contribution is 2.32. The van der Waals surface area contributed by atoms with E-state index >= 15 is 0 Å². The molecule has 0 radical (unpaired) electrons. The van der Waals surface area contributed by atoms with Crippen LogP contribution in [0.3, 0.4) is 0 Å². The van der Waals surface area contributed by atoms with Crippen LogP contribution in [-0.2, 0) is 21.2 Å².